The quantitative estimate of drug-likeness (QED) is 0.414. The van der Waals surface area contributed by atoms with Crippen LogP contribution in [-0.2, 0) is 17.8 Å². The molecule has 0 spiro atoms. The lowest BCUT2D eigenvalue weighted by molar-refractivity contribution is -0.116. The zero-order chi connectivity index (χ0) is 19.9. The third-order valence-electron chi connectivity index (χ3n) is 4.02. The Morgan fingerprint density at radius 1 is 1.21 bits per heavy atom. The van der Waals surface area contributed by atoms with Crippen LogP contribution in [0.15, 0.2) is 57.2 Å². The zero-order valence-electron chi connectivity index (χ0n) is 15.4. The van der Waals surface area contributed by atoms with Crippen molar-refractivity contribution in [1.29, 1.82) is 0 Å². The van der Waals surface area contributed by atoms with Gasteiger partial charge in [-0.2, -0.15) is 4.98 Å². The molecule has 0 unspecified atom stereocenters. The molecule has 148 valence electrons. The van der Waals surface area contributed by atoms with E-state index in [0.717, 1.165) is 10.6 Å². The number of amides is 1. The summed E-state index contributed by atoms with van der Waals surface area (Å²) in [7, 11) is 0. The fraction of sp³-hybridized carbons (Fsp3) is 0.200. The van der Waals surface area contributed by atoms with Gasteiger partial charge >= 0.3 is 0 Å². The maximum atomic E-state index is 12.3. The average molecular weight is 427 g/mol. The largest absolute Gasteiger partial charge is 0.485 e. The number of anilines is 1. The normalized spacial score (nSPS) is 10.8. The molecule has 0 bridgehead atoms. The van der Waals surface area contributed by atoms with Crippen LogP contribution in [0.1, 0.15) is 24.4 Å². The minimum absolute atomic E-state index is 0.0901. The molecule has 0 aliphatic carbocycles. The van der Waals surface area contributed by atoms with Crippen LogP contribution >= 0.6 is 22.7 Å². The summed E-state index contributed by atoms with van der Waals surface area (Å²) in [5.74, 6) is 1.65. The molecule has 4 rings (SSSR count). The van der Waals surface area contributed by atoms with Gasteiger partial charge < -0.3 is 14.6 Å². The molecule has 3 aromatic heterocycles. The Labute approximate surface area is 175 Å². The summed E-state index contributed by atoms with van der Waals surface area (Å²) in [5.41, 5.74) is 3.27. The number of ether oxygens (including phenoxy) is 1. The molecule has 0 aliphatic rings. The molecular weight excluding hydrogens is 408 g/mol. The van der Waals surface area contributed by atoms with E-state index in [1.54, 1.807) is 16.8 Å². The smallest absolute Gasteiger partial charge is 0.226 e. The number of nitrogens with zero attached hydrogens (tertiary/aromatic N) is 3. The molecule has 0 radical (unpaired) electrons. The molecule has 0 fully saturated rings. The summed E-state index contributed by atoms with van der Waals surface area (Å²) < 4.78 is 11.1. The van der Waals surface area contributed by atoms with Gasteiger partial charge in [-0.15, -0.1) is 22.7 Å². The van der Waals surface area contributed by atoms with E-state index >= 15 is 0 Å². The molecule has 1 aromatic carbocycles. The first kappa shape index (κ1) is 19.3. The van der Waals surface area contributed by atoms with Crippen LogP contribution in [0, 0.1) is 0 Å². The Hall–Kier alpha value is -3.04. The number of rotatable bonds is 9. The van der Waals surface area contributed by atoms with Gasteiger partial charge in [0.15, 0.2) is 0 Å². The van der Waals surface area contributed by atoms with E-state index in [4.69, 9.17) is 9.26 Å². The molecule has 7 nitrogen and oxygen atoms in total. The van der Waals surface area contributed by atoms with Gasteiger partial charge in [-0.1, -0.05) is 23.4 Å². The third kappa shape index (κ3) is 5.27. The van der Waals surface area contributed by atoms with Crippen molar-refractivity contribution in [2.24, 2.45) is 0 Å². The second-order valence-electron chi connectivity index (χ2n) is 6.16. The number of carbonyl (C=O) groups excluding carboxylic acids is 1. The van der Waals surface area contributed by atoms with E-state index in [0.29, 0.717) is 49.0 Å². The molecule has 0 aliphatic heterocycles. The summed E-state index contributed by atoms with van der Waals surface area (Å²) >= 11 is 3.08. The summed E-state index contributed by atoms with van der Waals surface area (Å²) in [6.45, 7) is 0.361. The van der Waals surface area contributed by atoms with Crippen LogP contribution in [-0.4, -0.2) is 21.0 Å². The van der Waals surface area contributed by atoms with E-state index < -0.39 is 0 Å². The number of hydrogen-bond donors (Lipinski definition) is 1. The van der Waals surface area contributed by atoms with Crippen molar-refractivity contribution in [1.82, 2.24) is 15.1 Å². The highest BCUT2D eigenvalue weighted by Crippen LogP contribution is 2.25. The van der Waals surface area contributed by atoms with Crippen molar-refractivity contribution in [3.05, 3.63) is 64.3 Å². The van der Waals surface area contributed by atoms with Gasteiger partial charge in [0.05, 0.1) is 21.8 Å². The first-order valence-corrected chi connectivity index (χ1v) is 10.9. The second kappa shape index (κ2) is 9.44. The highest BCUT2D eigenvalue weighted by molar-refractivity contribution is 7.13. The lowest BCUT2D eigenvalue weighted by Crippen LogP contribution is -2.12. The molecule has 3 heterocycles. The van der Waals surface area contributed by atoms with Crippen LogP contribution in [0.4, 0.5) is 5.69 Å². The average Bonchev–Trinajstić information content (AvgIpc) is 3.49. The Kier molecular flexibility index (Phi) is 6.28. The number of thiazole rings is 1. The van der Waals surface area contributed by atoms with E-state index in [-0.39, 0.29) is 5.91 Å². The van der Waals surface area contributed by atoms with E-state index in [2.05, 4.69) is 20.4 Å². The first-order chi connectivity index (χ1) is 14.3. The van der Waals surface area contributed by atoms with E-state index in [1.807, 2.05) is 47.2 Å². The van der Waals surface area contributed by atoms with Gasteiger partial charge in [0, 0.05) is 18.2 Å². The van der Waals surface area contributed by atoms with Crippen molar-refractivity contribution in [3.8, 4) is 16.5 Å². The fourth-order valence-electron chi connectivity index (χ4n) is 2.63. The number of hydrogen-bond acceptors (Lipinski definition) is 8. The number of benzene rings is 1. The SMILES string of the molecule is O=C(CCCc1nc(-c2cccs2)no1)Nc1ccccc1OCc1cscn1. The van der Waals surface area contributed by atoms with Crippen molar-refractivity contribution in [3.63, 3.8) is 0 Å². The van der Waals surface area contributed by atoms with Crippen LogP contribution in [0.2, 0.25) is 0 Å². The molecule has 0 saturated heterocycles. The molecule has 0 saturated carbocycles. The van der Waals surface area contributed by atoms with Gasteiger partial charge in [0.1, 0.15) is 12.4 Å². The third-order valence-corrected chi connectivity index (χ3v) is 5.53. The molecular formula is C20H18N4O3S2. The lowest BCUT2D eigenvalue weighted by Gasteiger charge is -2.11. The molecule has 4 aromatic rings. The zero-order valence-corrected chi connectivity index (χ0v) is 17.0. The molecule has 29 heavy (non-hydrogen) atoms. The Bertz CT molecular complexity index is 1050. The fourth-order valence-corrected chi connectivity index (χ4v) is 3.82. The van der Waals surface area contributed by atoms with E-state index in [9.17, 15) is 4.79 Å². The van der Waals surface area contributed by atoms with Gasteiger partial charge in [0.25, 0.3) is 0 Å². The summed E-state index contributed by atoms with van der Waals surface area (Å²) in [6, 6.07) is 11.3. The topological polar surface area (TPSA) is 90.1 Å². The van der Waals surface area contributed by atoms with Crippen molar-refractivity contribution in [2.45, 2.75) is 25.9 Å². The van der Waals surface area contributed by atoms with Crippen LogP contribution in [0.3, 0.4) is 0 Å². The monoisotopic (exact) mass is 426 g/mol. The minimum Gasteiger partial charge on any atom is -0.485 e. The van der Waals surface area contributed by atoms with Crippen molar-refractivity contribution < 1.29 is 14.1 Å². The van der Waals surface area contributed by atoms with Gasteiger partial charge in [0.2, 0.25) is 17.6 Å². The summed E-state index contributed by atoms with van der Waals surface area (Å²) in [6.07, 6.45) is 1.50. The number of thiophene rings is 1. The standard InChI is InChI=1S/C20H18N4O3S2/c25-18(8-3-9-19-23-20(24-27-19)17-7-4-10-29-17)22-15-5-1-2-6-16(15)26-11-14-12-28-13-21-14/h1-2,4-7,10,12-13H,3,8-9,11H2,(H,22,25). The van der Waals surface area contributed by atoms with E-state index in [1.165, 1.54) is 11.3 Å². The number of nitrogens with one attached hydrogen (secondary N) is 1. The molecule has 1 N–H and O–H groups in total. The highest BCUT2D eigenvalue weighted by Gasteiger charge is 2.12. The maximum absolute atomic E-state index is 12.3. The predicted octanol–water partition coefficient (Wildman–Crippen LogP) is 4.80. The Morgan fingerprint density at radius 2 is 2.14 bits per heavy atom. The first-order valence-electron chi connectivity index (χ1n) is 9.03. The number of carbonyl (C=O) groups is 1. The summed E-state index contributed by atoms with van der Waals surface area (Å²) in [5, 5.41) is 10.8. The van der Waals surface area contributed by atoms with Gasteiger partial charge in [-0.25, -0.2) is 4.98 Å². The predicted molar refractivity (Wildman–Crippen MR) is 112 cm³/mol. The minimum atomic E-state index is -0.0901. The number of para-hydroxylation sites is 2. The van der Waals surface area contributed by atoms with Crippen molar-refractivity contribution >= 4 is 34.3 Å². The van der Waals surface area contributed by atoms with Crippen LogP contribution in [0.25, 0.3) is 10.7 Å². The second-order valence-corrected chi connectivity index (χ2v) is 7.82. The molecule has 1 amide bonds. The Morgan fingerprint density at radius 3 is 2.97 bits per heavy atom. The number of aromatic nitrogens is 3. The summed E-state index contributed by atoms with van der Waals surface area (Å²) in [4.78, 5) is 21.9. The lowest BCUT2D eigenvalue weighted by atomic mass is 10.2. The number of aryl methyl sites for hydroxylation is 1. The Balaban J connectivity index is 1.26. The van der Waals surface area contributed by atoms with Gasteiger partial charge in [-0.3, -0.25) is 4.79 Å². The van der Waals surface area contributed by atoms with Crippen LogP contribution < -0.4 is 10.1 Å². The molecule has 9 heteroatoms. The molecule has 0 atom stereocenters. The maximum Gasteiger partial charge on any atom is 0.226 e. The van der Waals surface area contributed by atoms with Crippen LogP contribution in [0.5, 0.6) is 5.75 Å². The van der Waals surface area contributed by atoms with Gasteiger partial charge in [-0.05, 0) is 30.0 Å². The highest BCUT2D eigenvalue weighted by atomic mass is 32.1. The van der Waals surface area contributed by atoms with Crippen molar-refractivity contribution in [2.75, 3.05) is 5.32 Å².